The first-order chi connectivity index (χ1) is 12.8. The van der Waals surface area contributed by atoms with E-state index in [1.165, 1.54) is 0 Å². The molecule has 0 aliphatic carbocycles. The van der Waals surface area contributed by atoms with E-state index in [0.717, 1.165) is 27.7 Å². The molecule has 0 aromatic carbocycles. The number of alkyl halides is 3. The first-order valence-electron chi connectivity index (χ1n) is 7.85. The average molecular weight is 416 g/mol. The minimum atomic E-state index is -5.05. The monoisotopic (exact) mass is 416 g/mol. The van der Waals surface area contributed by atoms with Crippen molar-refractivity contribution in [1.29, 1.82) is 0 Å². The average Bonchev–Trinajstić information content (AvgIpc) is 2.48. The second-order valence-corrected chi connectivity index (χ2v) is 5.63. The van der Waals surface area contributed by atoms with Gasteiger partial charge in [0.25, 0.3) is 0 Å². The minimum Gasteiger partial charge on any atom is -0.456 e. The van der Waals surface area contributed by atoms with Gasteiger partial charge in [-0.05, 0) is 0 Å². The molecule has 0 spiro atoms. The van der Waals surface area contributed by atoms with Gasteiger partial charge in [-0.1, -0.05) is 0 Å². The summed E-state index contributed by atoms with van der Waals surface area (Å²) >= 11 is 0. The lowest BCUT2D eigenvalue weighted by Gasteiger charge is -2.43. The molecule has 0 aromatic rings. The summed E-state index contributed by atoms with van der Waals surface area (Å²) in [6.07, 6.45) is -13.4. The van der Waals surface area contributed by atoms with Crippen LogP contribution in [0.3, 0.4) is 0 Å². The third kappa shape index (κ3) is 7.68. The maximum Gasteiger partial charge on any atom is 0.522 e. The van der Waals surface area contributed by atoms with Crippen LogP contribution in [0.25, 0.3) is 0 Å². The van der Waals surface area contributed by atoms with Crippen molar-refractivity contribution in [3.63, 3.8) is 0 Å². The van der Waals surface area contributed by atoms with E-state index in [1.54, 1.807) is 0 Å². The van der Waals surface area contributed by atoms with Crippen LogP contribution >= 0.6 is 0 Å². The van der Waals surface area contributed by atoms with Crippen molar-refractivity contribution in [1.82, 2.24) is 0 Å². The summed E-state index contributed by atoms with van der Waals surface area (Å²) in [5, 5.41) is 0. The van der Waals surface area contributed by atoms with Crippen LogP contribution in [0, 0.1) is 0 Å². The van der Waals surface area contributed by atoms with Gasteiger partial charge in [0.05, 0.1) is 6.61 Å². The van der Waals surface area contributed by atoms with Crippen LogP contribution in [0.5, 0.6) is 0 Å². The van der Waals surface area contributed by atoms with E-state index in [4.69, 9.17) is 23.7 Å². The van der Waals surface area contributed by atoms with Crippen molar-refractivity contribution in [2.75, 3.05) is 6.61 Å². The molecule has 1 fully saturated rings. The van der Waals surface area contributed by atoms with Crippen LogP contribution in [-0.2, 0) is 47.6 Å². The second-order valence-electron chi connectivity index (χ2n) is 5.63. The third-order valence-corrected chi connectivity index (χ3v) is 3.19. The Morgan fingerprint density at radius 1 is 0.750 bits per heavy atom. The summed E-state index contributed by atoms with van der Waals surface area (Å²) in [6.45, 7) is 2.67. The van der Waals surface area contributed by atoms with Crippen LogP contribution in [0.15, 0.2) is 0 Å². The molecular weight excluding hydrogens is 397 g/mol. The van der Waals surface area contributed by atoms with Crippen molar-refractivity contribution in [2.24, 2.45) is 0 Å². The fraction of sp³-hybridized carbons (Fsp3) is 0.733. The number of rotatable bonds is 6. The van der Waals surface area contributed by atoms with Crippen molar-refractivity contribution in [3.05, 3.63) is 0 Å². The Balaban J connectivity index is 3.30. The standard InChI is InChI=1S/C15H19F3O10/c1-6(19)24-11-10(5-23-15(16,17)18)28-14(27-9(4)22)13(26-8(3)21)12(11)25-7(2)20/h10-14H,5H2,1-4H3/t10?,11-,12?,13?,14-/m1/s1. The van der Waals surface area contributed by atoms with Crippen LogP contribution in [-0.4, -0.2) is 67.6 Å². The highest BCUT2D eigenvalue weighted by atomic mass is 19.4. The van der Waals surface area contributed by atoms with E-state index < -0.39 is 67.6 Å². The molecule has 1 saturated heterocycles. The smallest absolute Gasteiger partial charge is 0.456 e. The third-order valence-electron chi connectivity index (χ3n) is 3.19. The molecule has 0 amide bonds. The minimum absolute atomic E-state index is 0.908. The summed E-state index contributed by atoms with van der Waals surface area (Å²) in [4.78, 5) is 45.6. The number of esters is 4. The molecule has 10 nitrogen and oxygen atoms in total. The van der Waals surface area contributed by atoms with Gasteiger partial charge in [-0.2, -0.15) is 0 Å². The van der Waals surface area contributed by atoms with E-state index in [9.17, 15) is 32.3 Å². The van der Waals surface area contributed by atoms with Gasteiger partial charge < -0.3 is 23.7 Å². The molecule has 28 heavy (non-hydrogen) atoms. The van der Waals surface area contributed by atoms with E-state index >= 15 is 0 Å². The molecule has 3 unspecified atom stereocenters. The molecule has 0 radical (unpaired) electrons. The Hall–Kier alpha value is -2.41. The molecule has 0 aromatic heterocycles. The summed E-state index contributed by atoms with van der Waals surface area (Å²) in [7, 11) is 0. The van der Waals surface area contributed by atoms with Crippen LogP contribution in [0.1, 0.15) is 27.7 Å². The van der Waals surface area contributed by atoms with Crippen molar-refractivity contribution < 1.29 is 60.8 Å². The lowest BCUT2D eigenvalue weighted by Crippen LogP contribution is -2.63. The van der Waals surface area contributed by atoms with E-state index in [-0.39, 0.29) is 0 Å². The number of carbonyl (C=O) groups excluding carboxylic acids is 4. The SMILES string of the molecule is CC(=O)OC1C(OC(C)=O)[C@H](OC(C)=O)C(COC(F)(F)F)O[C@H]1OC(C)=O. The lowest BCUT2D eigenvalue weighted by molar-refractivity contribution is -0.353. The highest BCUT2D eigenvalue weighted by Crippen LogP contribution is 2.31. The van der Waals surface area contributed by atoms with Gasteiger partial charge in [-0.15, -0.1) is 13.2 Å². The molecule has 1 aliphatic rings. The molecular formula is C15H19F3O10. The quantitative estimate of drug-likeness (QED) is 0.449. The maximum absolute atomic E-state index is 12.4. The molecule has 13 heteroatoms. The second kappa shape index (κ2) is 9.68. The van der Waals surface area contributed by atoms with Crippen LogP contribution in [0.2, 0.25) is 0 Å². The first kappa shape index (κ1) is 23.6. The molecule has 0 bridgehead atoms. The van der Waals surface area contributed by atoms with Gasteiger partial charge in [0.2, 0.25) is 12.4 Å². The van der Waals surface area contributed by atoms with Crippen molar-refractivity contribution in [3.8, 4) is 0 Å². The number of halogens is 3. The largest absolute Gasteiger partial charge is 0.522 e. The van der Waals surface area contributed by atoms with Crippen LogP contribution in [0.4, 0.5) is 13.2 Å². The number of hydrogen-bond donors (Lipinski definition) is 0. The zero-order valence-corrected chi connectivity index (χ0v) is 15.3. The topological polar surface area (TPSA) is 124 Å². The Morgan fingerprint density at radius 3 is 1.61 bits per heavy atom. The zero-order valence-electron chi connectivity index (χ0n) is 15.3. The van der Waals surface area contributed by atoms with Gasteiger partial charge in [-0.25, -0.2) is 0 Å². The number of carbonyl (C=O) groups is 4. The molecule has 160 valence electrons. The Labute approximate surface area is 157 Å². The fourth-order valence-corrected chi connectivity index (χ4v) is 2.42. The van der Waals surface area contributed by atoms with Gasteiger partial charge in [0.15, 0.2) is 12.2 Å². The predicted molar refractivity (Wildman–Crippen MR) is 79.1 cm³/mol. The van der Waals surface area contributed by atoms with Gasteiger partial charge in [-0.3, -0.25) is 23.9 Å². The van der Waals surface area contributed by atoms with E-state index in [2.05, 4.69) is 4.74 Å². The maximum atomic E-state index is 12.4. The summed E-state index contributed by atoms with van der Waals surface area (Å²) < 4.78 is 65.9. The van der Waals surface area contributed by atoms with Crippen molar-refractivity contribution >= 4 is 23.9 Å². The lowest BCUT2D eigenvalue weighted by atomic mass is 9.98. The summed E-state index contributed by atoms with van der Waals surface area (Å²) in [6, 6.07) is 0. The zero-order chi connectivity index (χ0) is 21.6. The highest BCUT2D eigenvalue weighted by Gasteiger charge is 2.54. The molecule has 1 aliphatic heterocycles. The molecule has 0 N–H and O–H groups in total. The van der Waals surface area contributed by atoms with Gasteiger partial charge in [0.1, 0.15) is 6.10 Å². The van der Waals surface area contributed by atoms with Gasteiger partial charge in [0, 0.05) is 27.7 Å². The fourth-order valence-electron chi connectivity index (χ4n) is 2.42. The molecule has 1 heterocycles. The van der Waals surface area contributed by atoms with Crippen molar-refractivity contribution in [2.45, 2.75) is 64.8 Å². The highest BCUT2D eigenvalue weighted by molar-refractivity contribution is 5.69. The first-order valence-corrected chi connectivity index (χ1v) is 7.85. The predicted octanol–water partition coefficient (Wildman–Crippen LogP) is 0.606. The Morgan fingerprint density at radius 2 is 1.18 bits per heavy atom. The Bertz CT molecular complexity index is 605. The summed E-state index contributed by atoms with van der Waals surface area (Å²) in [5.74, 6) is -3.71. The molecule has 5 atom stereocenters. The molecule has 0 saturated carbocycles. The number of ether oxygens (including phenoxy) is 6. The summed E-state index contributed by atoms with van der Waals surface area (Å²) in [5.41, 5.74) is 0. The Kier molecular flexibility index (Phi) is 8.17. The number of hydrogen-bond acceptors (Lipinski definition) is 10. The van der Waals surface area contributed by atoms with Gasteiger partial charge >= 0.3 is 30.2 Å². The molecule has 1 rings (SSSR count). The van der Waals surface area contributed by atoms with Crippen LogP contribution < -0.4 is 0 Å². The van der Waals surface area contributed by atoms with E-state index in [0.29, 0.717) is 0 Å². The van der Waals surface area contributed by atoms with E-state index in [1.807, 2.05) is 0 Å². The normalized spacial score (nSPS) is 27.5.